The van der Waals surface area contributed by atoms with Gasteiger partial charge in [0.15, 0.2) is 5.69 Å². The summed E-state index contributed by atoms with van der Waals surface area (Å²) in [6.45, 7) is 4.05. The zero-order valence-electron chi connectivity index (χ0n) is 16.7. The molecule has 1 saturated heterocycles. The molecule has 2 N–H and O–H groups in total. The SMILES string of the molecule is Cc1ccc(NC(=O)c2n[nH]c3ccc(-c4cncc(N5CCCC5)c4)cc23)cn1. The van der Waals surface area contributed by atoms with Crippen LogP contribution in [0.1, 0.15) is 29.0 Å². The maximum absolute atomic E-state index is 12.8. The van der Waals surface area contributed by atoms with Gasteiger partial charge < -0.3 is 10.2 Å². The predicted molar refractivity (Wildman–Crippen MR) is 118 cm³/mol. The summed E-state index contributed by atoms with van der Waals surface area (Å²) in [6, 6.07) is 11.8. The zero-order chi connectivity index (χ0) is 20.5. The van der Waals surface area contributed by atoms with Crippen LogP contribution in [0.15, 0.2) is 55.0 Å². The number of pyridine rings is 2. The molecule has 0 saturated carbocycles. The molecule has 1 amide bonds. The highest BCUT2D eigenvalue weighted by molar-refractivity contribution is 6.11. The van der Waals surface area contributed by atoms with Gasteiger partial charge in [0.05, 0.1) is 29.3 Å². The molecule has 1 aromatic carbocycles. The third-order valence-electron chi connectivity index (χ3n) is 5.48. The zero-order valence-corrected chi connectivity index (χ0v) is 16.7. The largest absolute Gasteiger partial charge is 0.370 e. The van der Waals surface area contributed by atoms with Gasteiger partial charge in [0.1, 0.15) is 0 Å². The molecule has 1 aliphatic rings. The lowest BCUT2D eigenvalue weighted by molar-refractivity contribution is 0.102. The topological polar surface area (TPSA) is 86.8 Å². The smallest absolute Gasteiger partial charge is 0.276 e. The lowest BCUT2D eigenvalue weighted by atomic mass is 10.0. The van der Waals surface area contributed by atoms with Gasteiger partial charge in [-0.2, -0.15) is 5.10 Å². The van der Waals surface area contributed by atoms with Crippen LogP contribution in [-0.2, 0) is 0 Å². The molecular formula is C23H22N6O. The van der Waals surface area contributed by atoms with Crippen molar-refractivity contribution in [1.29, 1.82) is 0 Å². The van der Waals surface area contributed by atoms with E-state index < -0.39 is 0 Å². The van der Waals surface area contributed by atoms with E-state index in [2.05, 4.69) is 36.4 Å². The number of anilines is 2. The molecule has 0 radical (unpaired) electrons. The second kappa shape index (κ2) is 7.59. The summed E-state index contributed by atoms with van der Waals surface area (Å²) >= 11 is 0. The number of rotatable bonds is 4. The molecule has 1 fully saturated rings. The van der Waals surface area contributed by atoms with E-state index in [4.69, 9.17) is 0 Å². The molecule has 0 spiro atoms. The fourth-order valence-corrected chi connectivity index (χ4v) is 3.83. The minimum Gasteiger partial charge on any atom is -0.370 e. The summed E-state index contributed by atoms with van der Waals surface area (Å²) in [5.41, 5.74) is 5.88. The van der Waals surface area contributed by atoms with E-state index in [1.807, 2.05) is 49.6 Å². The van der Waals surface area contributed by atoms with Crippen LogP contribution in [0.25, 0.3) is 22.0 Å². The van der Waals surface area contributed by atoms with E-state index in [-0.39, 0.29) is 5.91 Å². The fraction of sp³-hybridized carbons (Fsp3) is 0.217. The summed E-state index contributed by atoms with van der Waals surface area (Å²) in [6.07, 6.45) is 7.86. The van der Waals surface area contributed by atoms with Gasteiger partial charge in [0.2, 0.25) is 0 Å². The molecule has 0 aliphatic carbocycles. The van der Waals surface area contributed by atoms with Gasteiger partial charge in [-0.15, -0.1) is 0 Å². The second-order valence-electron chi connectivity index (χ2n) is 7.60. The standard InChI is InChI=1S/C23H22N6O/c1-15-4-6-18(13-25-15)26-23(30)22-20-11-16(5-7-21(20)27-28-22)17-10-19(14-24-12-17)29-8-2-3-9-29/h4-7,10-14H,2-3,8-9H2,1H3,(H,26,30)(H,27,28). The minimum atomic E-state index is -0.270. The van der Waals surface area contributed by atoms with Crippen molar-refractivity contribution in [3.05, 3.63) is 66.4 Å². The van der Waals surface area contributed by atoms with Gasteiger partial charge in [-0.25, -0.2) is 0 Å². The Morgan fingerprint density at radius 3 is 2.70 bits per heavy atom. The molecule has 150 valence electrons. The Labute approximate surface area is 174 Å². The lowest BCUT2D eigenvalue weighted by Gasteiger charge is -2.17. The molecule has 1 aliphatic heterocycles. The maximum Gasteiger partial charge on any atom is 0.276 e. The highest BCUT2D eigenvalue weighted by atomic mass is 16.1. The molecule has 0 unspecified atom stereocenters. The number of fused-ring (bicyclic) bond motifs is 1. The van der Waals surface area contributed by atoms with Crippen molar-refractivity contribution >= 4 is 28.2 Å². The van der Waals surface area contributed by atoms with Crippen molar-refractivity contribution in [2.75, 3.05) is 23.3 Å². The quantitative estimate of drug-likeness (QED) is 0.538. The number of hydrogen-bond donors (Lipinski definition) is 2. The first kappa shape index (κ1) is 18.3. The number of benzene rings is 1. The molecule has 0 bridgehead atoms. The van der Waals surface area contributed by atoms with Crippen molar-refractivity contribution < 1.29 is 4.79 Å². The minimum absolute atomic E-state index is 0.270. The van der Waals surface area contributed by atoms with Gasteiger partial charge in [0, 0.05) is 35.9 Å². The molecule has 30 heavy (non-hydrogen) atoms. The molecular weight excluding hydrogens is 376 g/mol. The third-order valence-corrected chi connectivity index (χ3v) is 5.48. The Morgan fingerprint density at radius 2 is 1.90 bits per heavy atom. The first-order chi connectivity index (χ1) is 14.7. The second-order valence-corrected chi connectivity index (χ2v) is 7.60. The number of hydrogen-bond acceptors (Lipinski definition) is 5. The highest BCUT2D eigenvalue weighted by Gasteiger charge is 2.17. The van der Waals surface area contributed by atoms with Crippen LogP contribution in [0.3, 0.4) is 0 Å². The average Bonchev–Trinajstić information content (AvgIpc) is 3.45. The Morgan fingerprint density at radius 1 is 1.03 bits per heavy atom. The van der Waals surface area contributed by atoms with E-state index in [0.29, 0.717) is 11.4 Å². The van der Waals surface area contributed by atoms with Crippen LogP contribution >= 0.6 is 0 Å². The van der Waals surface area contributed by atoms with Crippen LogP contribution in [-0.4, -0.2) is 39.2 Å². The molecule has 5 rings (SSSR count). The van der Waals surface area contributed by atoms with Gasteiger partial charge in [0.25, 0.3) is 5.91 Å². The first-order valence-electron chi connectivity index (χ1n) is 10.1. The van der Waals surface area contributed by atoms with Crippen LogP contribution in [0.4, 0.5) is 11.4 Å². The molecule has 7 heteroatoms. The number of H-pyrrole nitrogens is 1. The van der Waals surface area contributed by atoms with Crippen LogP contribution in [0.2, 0.25) is 0 Å². The predicted octanol–water partition coefficient (Wildman–Crippen LogP) is 4.18. The van der Waals surface area contributed by atoms with Crippen LogP contribution < -0.4 is 10.2 Å². The summed E-state index contributed by atoms with van der Waals surface area (Å²) in [4.78, 5) is 23.8. The van der Waals surface area contributed by atoms with E-state index in [1.54, 1.807) is 6.20 Å². The number of carbonyl (C=O) groups is 1. The third kappa shape index (κ3) is 3.50. The molecule has 3 aromatic heterocycles. The number of carbonyl (C=O) groups excluding carboxylic acids is 1. The van der Waals surface area contributed by atoms with Crippen molar-refractivity contribution in [3.8, 4) is 11.1 Å². The Balaban J connectivity index is 1.46. The number of aromatic amines is 1. The van der Waals surface area contributed by atoms with Crippen molar-refractivity contribution in [2.24, 2.45) is 0 Å². The Kier molecular flexibility index (Phi) is 4.63. The molecule has 4 heterocycles. The van der Waals surface area contributed by atoms with Crippen LogP contribution in [0.5, 0.6) is 0 Å². The number of amides is 1. The fourth-order valence-electron chi connectivity index (χ4n) is 3.83. The van der Waals surface area contributed by atoms with E-state index in [0.717, 1.165) is 46.5 Å². The number of aromatic nitrogens is 4. The van der Waals surface area contributed by atoms with Crippen molar-refractivity contribution in [2.45, 2.75) is 19.8 Å². The summed E-state index contributed by atoms with van der Waals surface area (Å²) in [7, 11) is 0. The van der Waals surface area contributed by atoms with Gasteiger partial charge in [-0.05, 0) is 55.7 Å². The Bertz CT molecular complexity index is 1210. The molecule has 4 aromatic rings. The molecule has 0 atom stereocenters. The monoisotopic (exact) mass is 398 g/mol. The van der Waals surface area contributed by atoms with Crippen LogP contribution in [0, 0.1) is 6.92 Å². The Hall–Kier alpha value is -3.74. The van der Waals surface area contributed by atoms with Gasteiger partial charge >= 0.3 is 0 Å². The summed E-state index contributed by atoms with van der Waals surface area (Å²) in [5, 5.41) is 10.8. The highest BCUT2D eigenvalue weighted by Crippen LogP contribution is 2.29. The van der Waals surface area contributed by atoms with E-state index >= 15 is 0 Å². The summed E-state index contributed by atoms with van der Waals surface area (Å²) < 4.78 is 0. The van der Waals surface area contributed by atoms with E-state index in [9.17, 15) is 4.79 Å². The summed E-state index contributed by atoms with van der Waals surface area (Å²) in [5.74, 6) is -0.270. The lowest BCUT2D eigenvalue weighted by Crippen LogP contribution is -2.17. The van der Waals surface area contributed by atoms with E-state index in [1.165, 1.54) is 12.8 Å². The molecule has 7 nitrogen and oxygen atoms in total. The maximum atomic E-state index is 12.8. The number of nitrogens with zero attached hydrogens (tertiary/aromatic N) is 4. The first-order valence-corrected chi connectivity index (χ1v) is 10.1. The van der Waals surface area contributed by atoms with Gasteiger partial charge in [-0.3, -0.25) is 19.9 Å². The van der Waals surface area contributed by atoms with Gasteiger partial charge in [-0.1, -0.05) is 6.07 Å². The van der Waals surface area contributed by atoms with Crippen molar-refractivity contribution in [1.82, 2.24) is 20.2 Å². The normalized spacial score (nSPS) is 13.7. The van der Waals surface area contributed by atoms with Crippen molar-refractivity contribution in [3.63, 3.8) is 0 Å². The number of nitrogens with one attached hydrogen (secondary N) is 2. The number of aryl methyl sites for hydroxylation is 1. The average molecular weight is 398 g/mol.